The van der Waals surface area contributed by atoms with Crippen LogP contribution in [0.5, 0.6) is 0 Å². The first kappa shape index (κ1) is 14.0. The number of nitrogens with one attached hydrogen (secondary N) is 1. The molecule has 4 aliphatic rings. The van der Waals surface area contributed by atoms with Crippen molar-refractivity contribution in [3.63, 3.8) is 0 Å². The van der Waals surface area contributed by atoms with E-state index in [2.05, 4.69) is 24.4 Å². The van der Waals surface area contributed by atoms with Gasteiger partial charge in [-0.15, -0.1) is 0 Å². The summed E-state index contributed by atoms with van der Waals surface area (Å²) in [5.74, 6) is 0.557. The Morgan fingerprint density at radius 1 is 1.21 bits per heavy atom. The van der Waals surface area contributed by atoms with Crippen LogP contribution in [0.15, 0.2) is 64.7 Å². The third-order valence-electron chi connectivity index (χ3n) is 5.36. The minimum absolute atomic E-state index is 0.0303. The monoisotopic (exact) mass is 323 g/mol. The third-order valence-corrected chi connectivity index (χ3v) is 5.36. The van der Waals surface area contributed by atoms with Gasteiger partial charge >= 0.3 is 0 Å². The van der Waals surface area contributed by atoms with Crippen LogP contribution in [0.2, 0.25) is 0 Å². The average molecular weight is 323 g/mol. The molecule has 1 saturated heterocycles. The molecule has 0 saturated carbocycles. The van der Waals surface area contributed by atoms with E-state index < -0.39 is 11.5 Å². The molecule has 0 spiro atoms. The van der Waals surface area contributed by atoms with Gasteiger partial charge in [-0.05, 0) is 18.1 Å². The second-order valence-electron chi connectivity index (χ2n) is 6.57. The summed E-state index contributed by atoms with van der Waals surface area (Å²) < 4.78 is 16.7. The molecular weight excluding hydrogens is 306 g/mol. The zero-order chi connectivity index (χ0) is 16.3. The van der Waals surface area contributed by atoms with Crippen molar-refractivity contribution in [1.82, 2.24) is 5.32 Å². The van der Waals surface area contributed by atoms with Gasteiger partial charge < -0.3 is 19.5 Å². The Bertz CT molecular complexity index is 836. The molecule has 2 unspecified atom stereocenters. The second-order valence-corrected chi connectivity index (χ2v) is 6.57. The maximum Gasteiger partial charge on any atom is 0.198 e. The molecule has 1 fully saturated rings. The Kier molecular flexibility index (Phi) is 2.81. The largest absolute Gasteiger partial charge is 0.468 e. The topological polar surface area (TPSA) is 56.8 Å². The lowest BCUT2D eigenvalue weighted by Crippen LogP contribution is -2.45. The van der Waals surface area contributed by atoms with Gasteiger partial charge in [0.15, 0.2) is 18.7 Å². The van der Waals surface area contributed by atoms with E-state index >= 15 is 0 Å². The first-order valence-electron chi connectivity index (χ1n) is 8.07. The number of carbonyl (C=O) groups excluding carboxylic acids is 1. The molecule has 1 aliphatic carbocycles. The fourth-order valence-electron chi connectivity index (χ4n) is 4.13. The summed E-state index contributed by atoms with van der Waals surface area (Å²) in [5, 5.41) is 3.39. The molecular formula is C19H17NO4. The van der Waals surface area contributed by atoms with E-state index in [0.29, 0.717) is 19.0 Å². The van der Waals surface area contributed by atoms with E-state index in [0.717, 1.165) is 28.1 Å². The average Bonchev–Trinajstić information content (AvgIpc) is 3.25. The molecule has 5 rings (SSSR count). The highest BCUT2D eigenvalue weighted by Crippen LogP contribution is 2.48. The summed E-state index contributed by atoms with van der Waals surface area (Å²) in [4.78, 5) is 13.2. The lowest BCUT2D eigenvalue weighted by Gasteiger charge is -2.40. The summed E-state index contributed by atoms with van der Waals surface area (Å²) in [6.07, 6.45) is 1.27. The van der Waals surface area contributed by atoms with Gasteiger partial charge in [-0.25, -0.2) is 0 Å². The SMILES string of the molecule is CC1(c2ccccc2)C2=C(COC2)NC2=C1C(=O)C1OCOC1=C2. The van der Waals surface area contributed by atoms with Crippen molar-refractivity contribution in [2.45, 2.75) is 18.4 Å². The van der Waals surface area contributed by atoms with Gasteiger partial charge in [-0.3, -0.25) is 4.79 Å². The predicted molar refractivity (Wildman–Crippen MR) is 85.7 cm³/mol. The van der Waals surface area contributed by atoms with E-state index in [9.17, 15) is 4.79 Å². The highest BCUT2D eigenvalue weighted by molar-refractivity contribution is 6.06. The van der Waals surface area contributed by atoms with Crippen molar-refractivity contribution in [1.29, 1.82) is 0 Å². The van der Waals surface area contributed by atoms with Crippen molar-refractivity contribution in [2.24, 2.45) is 0 Å². The van der Waals surface area contributed by atoms with Gasteiger partial charge in [0.1, 0.15) is 5.76 Å². The van der Waals surface area contributed by atoms with Gasteiger partial charge in [0.2, 0.25) is 0 Å². The molecule has 3 heterocycles. The van der Waals surface area contributed by atoms with E-state index in [1.165, 1.54) is 0 Å². The standard InChI is InChI=1S/C19H17NO4/c1-19(11-5-3-2-4-6-11)12-8-22-9-14(12)20-13-7-15-18(24-10-23-15)17(21)16(13)19/h2-7,18,20H,8-10H2,1H3. The quantitative estimate of drug-likeness (QED) is 0.856. The van der Waals surface area contributed by atoms with Crippen LogP contribution in [0.4, 0.5) is 0 Å². The number of carbonyl (C=O) groups is 1. The van der Waals surface area contributed by atoms with E-state index in [1.54, 1.807) is 0 Å². The zero-order valence-electron chi connectivity index (χ0n) is 13.3. The highest BCUT2D eigenvalue weighted by Gasteiger charge is 2.51. The molecule has 5 heteroatoms. The van der Waals surface area contributed by atoms with E-state index in [1.807, 2.05) is 24.3 Å². The summed E-state index contributed by atoms with van der Waals surface area (Å²) in [5.41, 5.74) is 4.25. The zero-order valence-corrected chi connectivity index (χ0v) is 13.3. The number of Topliss-reactive ketones (excluding diaryl/α,β-unsaturated/α-hetero) is 1. The van der Waals surface area contributed by atoms with Crippen LogP contribution in [0.25, 0.3) is 0 Å². The van der Waals surface area contributed by atoms with Gasteiger partial charge in [-0.2, -0.15) is 0 Å². The molecule has 122 valence electrons. The van der Waals surface area contributed by atoms with Crippen LogP contribution < -0.4 is 5.32 Å². The molecule has 0 aromatic heterocycles. The van der Waals surface area contributed by atoms with Crippen LogP contribution in [0, 0.1) is 0 Å². The van der Waals surface area contributed by atoms with Crippen LogP contribution in [-0.2, 0) is 24.4 Å². The number of dihydropyridines is 1. The molecule has 5 nitrogen and oxygen atoms in total. The van der Waals surface area contributed by atoms with Gasteiger partial charge in [0, 0.05) is 28.5 Å². The van der Waals surface area contributed by atoms with Crippen LogP contribution >= 0.6 is 0 Å². The lowest BCUT2D eigenvalue weighted by atomic mass is 9.65. The first-order chi connectivity index (χ1) is 11.7. The van der Waals surface area contributed by atoms with Crippen molar-refractivity contribution in [2.75, 3.05) is 20.0 Å². The number of rotatable bonds is 1. The normalized spacial score (nSPS) is 31.1. The molecule has 1 N–H and O–H groups in total. The molecule has 0 bridgehead atoms. The van der Waals surface area contributed by atoms with E-state index in [4.69, 9.17) is 14.2 Å². The summed E-state index contributed by atoms with van der Waals surface area (Å²) in [6.45, 7) is 3.29. The first-order valence-corrected chi connectivity index (χ1v) is 8.07. The second kappa shape index (κ2) is 4.82. The number of allylic oxidation sites excluding steroid dienone is 1. The molecule has 24 heavy (non-hydrogen) atoms. The molecule has 0 amide bonds. The van der Waals surface area contributed by atoms with E-state index in [-0.39, 0.29) is 12.6 Å². The van der Waals surface area contributed by atoms with Crippen molar-refractivity contribution in [3.05, 3.63) is 70.3 Å². The Balaban J connectivity index is 1.75. The number of fused-ring (bicyclic) bond motifs is 1. The minimum atomic E-state index is -0.627. The maximum absolute atomic E-state index is 13.2. The Morgan fingerprint density at radius 2 is 2.04 bits per heavy atom. The van der Waals surface area contributed by atoms with Crippen molar-refractivity contribution < 1.29 is 19.0 Å². The molecule has 2 atom stereocenters. The van der Waals surface area contributed by atoms with Crippen LogP contribution in [-0.4, -0.2) is 31.9 Å². The summed E-state index contributed by atoms with van der Waals surface area (Å²) in [7, 11) is 0. The van der Waals surface area contributed by atoms with Crippen molar-refractivity contribution in [3.8, 4) is 0 Å². The van der Waals surface area contributed by atoms with Gasteiger partial charge in [0.05, 0.1) is 13.2 Å². The lowest BCUT2D eigenvalue weighted by molar-refractivity contribution is -0.123. The highest BCUT2D eigenvalue weighted by atomic mass is 16.7. The predicted octanol–water partition coefficient (Wildman–Crippen LogP) is 1.93. The Labute approximate surface area is 139 Å². The van der Waals surface area contributed by atoms with Gasteiger partial charge in [-0.1, -0.05) is 30.3 Å². The summed E-state index contributed by atoms with van der Waals surface area (Å²) >= 11 is 0. The van der Waals surface area contributed by atoms with Crippen LogP contribution in [0.3, 0.4) is 0 Å². The number of hydrogen-bond acceptors (Lipinski definition) is 5. The van der Waals surface area contributed by atoms with Gasteiger partial charge in [0.25, 0.3) is 0 Å². The maximum atomic E-state index is 13.2. The Morgan fingerprint density at radius 3 is 2.88 bits per heavy atom. The molecule has 1 aromatic rings. The smallest absolute Gasteiger partial charge is 0.198 e. The number of hydrogen-bond donors (Lipinski definition) is 1. The molecule has 1 aromatic carbocycles. The Hall–Kier alpha value is -2.37. The molecule has 3 aliphatic heterocycles. The third kappa shape index (κ3) is 1.68. The molecule has 0 radical (unpaired) electrons. The number of ketones is 1. The fourth-order valence-corrected chi connectivity index (χ4v) is 4.13. The summed E-state index contributed by atoms with van der Waals surface area (Å²) in [6, 6.07) is 10.1. The number of benzene rings is 1. The number of ether oxygens (including phenoxy) is 3. The fraction of sp³-hybridized carbons (Fsp3) is 0.316. The minimum Gasteiger partial charge on any atom is -0.468 e. The van der Waals surface area contributed by atoms with Crippen LogP contribution in [0.1, 0.15) is 12.5 Å². The van der Waals surface area contributed by atoms with Crippen molar-refractivity contribution >= 4 is 5.78 Å².